The number of nitrogens with one attached hydrogen (secondary N) is 1. The second-order valence-corrected chi connectivity index (χ2v) is 6.32. The first-order valence-electron chi connectivity index (χ1n) is 6.46. The highest BCUT2D eigenvalue weighted by molar-refractivity contribution is 5.19. The van der Waals surface area contributed by atoms with Crippen molar-refractivity contribution in [2.75, 3.05) is 26.0 Å². The molecule has 0 spiro atoms. The topological polar surface area (TPSA) is 54.2 Å². The van der Waals surface area contributed by atoms with Crippen LogP contribution in [0.25, 0.3) is 0 Å². The second-order valence-electron chi connectivity index (χ2n) is 6.32. The van der Waals surface area contributed by atoms with E-state index in [1.807, 2.05) is 0 Å². The quantitative estimate of drug-likeness (QED) is 0.874. The van der Waals surface area contributed by atoms with Crippen molar-refractivity contribution in [1.82, 2.24) is 15.1 Å². The number of anilines is 1. The molecular formula is C13H26N4O. The van der Waals surface area contributed by atoms with Crippen LogP contribution in [0.2, 0.25) is 0 Å². The molecule has 1 aromatic heterocycles. The van der Waals surface area contributed by atoms with E-state index in [9.17, 15) is 0 Å². The average Bonchev–Trinajstić information content (AvgIpc) is 2.64. The van der Waals surface area contributed by atoms with Gasteiger partial charge in [-0.3, -0.25) is 0 Å². The maximum absolute atomic E-state index is 5.61. The molecule has 1 N–H and O–H groups in total. The summed E-state index contributed by atoms with van der Waals surface area (Å²) in [7, 11) is 4.17. The molecule has 104 valence electrons. The Balaban J connectivity index is 2.61. The Morgan fingerprint density at radius 2 is 1.83 bits per heavy atom. The predicted octanol–water partition coefficient (Wildman–Crippen LogP) is 2.37. The summed E-state index contributed by atoms with van der Waals surface area (Å²) in [5.74, 6) is 1.23. The summed E-state index contributed by atoms with van der Waals surface area (Å²) in [5, 5.41) is 11.3. The highest BCUT2D eigenvalue weighted by atomic mass is 16.4. The third-order valence-electron chi connectivity index (χ3n) is 2.96. The smallest absolute Gasteiger partial charge is 0.315 e. The molecule has 0 aliphatic rings. The minimum atomic E-state index is -0.105. The number of rotatable bonds is 5. The third kappa shape index (κ3) is 3.98. The van der Waals surface area contributed by atoms with Gasteiger partial charge in [-0.2, -0.15) is 0 Å². The largest absolute Gasteiger partial charge is 0.408 e. The number of aromatic nitrogens is 2. The van der Waals surface area contributed by atoms with Gasteiger partial charge in [-0.05, 0) is 20.0 Å². The normalized spacial score (nSPS) is 14.3. The van der Waals surface area contributed by atoms with E-state index >= 15 is 0 Å². The molecular weight excluding hydrogens is 228 g/mol. The SMILES string of the molecule is CC(C)C(CNc1nnc(C(C)(C)C)o1)N(C)C. The fraction of sp³-hybridized carbons (Fsp3) is 0.846. The van der Waals surface area contributed by atoms with Crippen molar-refractivity contribution in [2.24, 2.45) is 5.92 Å². The van der Waals surface area contributed by atoms with Crippen molar-refractivity contribution < 1.29 is 4.42 Å². The highest BCUT2D eigenvalue weighted by Crippen LogP contribution is 2.22. The molecule has 0 aliphatic heterocycles. The first-order valence-corrected chi connectivity index (χ1v) is 6.46. The Labute approximate surface area is 110 Å². The highest BCUT2D eigenvalue weighted by Gasteiger charge is 2.22. The maximum atomic E-state index is 5.61. The minimum absolute atomic E-state index is 0.105. The Hall–Kier alpha value is -1.10. The van der Waals surface area contributed by atoms with Crippen molar-refractivity contribution in [3.63, 3.8) is 0 Å². The van der Waals surface area contributed by atoms with Gasteiger partial charge < -0.3 is 14.6 Å². The molecule has 5 nitrogen and oxygen atoms in total. The average molecular weight is 254 g/mol. The van der Waals surface area contributed by atoms with Crippen molar-refractivity contribution >= 4 is 6.01 Å². The molecule has 18 heavy (non-hydrogen) atoms. The van der Waals surface area contributed by atoms with E-state index in [-0.39, 0.29) is 5.41 Å². The molecule has 1 rings (SSSR count). The van der Waals surface area contributed by atoms with Crippen molar-refractivity contribution in [2.45, 2.75) is 46.1 Å². The lowest BCUT2D eigenvalue weighted by atomic mass is 9.97. The maximum Gasteiger partial charge on any atom is 0.315 e. The number of nitrogens with zero attached hydrogens (tertiary/aromatic N) is 3. The van der Waals surface area contributed by atoms with Crippen LogP contribution in [-0.2, 0) is 5.41 Å². The number of hydrogen-bond acceptors (Lipinski definition) is 5. The summed E-state index contributed by atoms with van der Waals surface area (Å²) in [6.45, 7) is 11.4. The van der Waals surface area contributed by atoms with E-state index in [0.29, 0.717) is 23.9 Å². The van der Waals surface area contributed by atoms with Crippen molar-refractivity contribution in [1.29, 1.82) is 0 Å². The van der Waals surface area contributed by atoms with Gasteiger partial charge in [0.1, 0.15) is 0 Å². The lowest BCUT2D eigenvalue weighted by Crippen LogP contribution is -2.38. The number of likely N-dealkylation sites (N-methyl/N-ethyl adjacent to an activating group) is 1. The van der Waals surface area contributed by atoms with Gasteiger partial charge in [-0.15, -0.1) is 5.10 Å². The van der Waals surface area contributed by atoms with Crippen molar-refractivity contribution in [3.8, 4) is 0 Å². The molecule has 0 bridgehead atoms. The fourth-order valence-corrected chi connectivity index (χ4v) is 1.80. The van der Waals surface area contributed by atoms with Crippen LogP contribution >= 0.6 is 0 Å². The van der Waals surface area contributed by atoms with Crippen LogP contribution in [0, 0.1) is 5.92 Å². The van der Waals surface area contributed by atoms with E-state index in [2.05, 4.69) is 69.1 Å². The van der Waals surface area contributed by atoms with Gasteiger partial charge in [0.2, 0.25) is 5.89 Å². The molecule has 1 aromatic rings. The molecule has 0 aliphatic carbocycles. The summed E-state index contributed by atoms with van der Waals surface area (Å²) < 4.78 is 5.61. The van der Waals surface area contributed by atoms with E-state index < -0.39 is 0 Å². The van der Waals surface area contributed by atoms with Gasteiger partial charge in [0, 0.05) is 18.0 Å². The zero-order valence-corrected chi connectivity index (χ0v) is 12.6. The molecule has 0 saturated carbocycles. The molecule has 0 radical (unpaired) electrons. The van der Waals surface area contributed by atoms with E-state index in [1.165, 1.54) is 0 Å². The molecule has 1 heterocycles. The van der Waals surface area contributed by atoms with E-state index in [1.54, 1.807) is 0 Å². The van der Waals surface area contributed by atoms with Gasteiger partial charge in [0.25, 0.3) is 0 Å². The molecule has 0 fully saturated rings. The summed E-state index contributed by atoms with van der Waals surface area (Å²) in [6.07, 6.45) is 0. The van der Waals surface area contributed by atoms with Gasteiger partial charge in [0.15, 0.2) is 0 Å². The van der Waals surface area contributed by atoms with Crippen LogP contribution in [0.15, 0.2) is 4.42 Å². The molecule has 0 saturated heterocycles. The molecule has 5 heteroatoms. The lowest BCUT2D eigenvalue weighted by Gasteiger charge is -2.27. The molecule has 0 aromatic carbocycles. The Kier molecular flexibility index (Phi) is 4.73. The van der Waals surface area contributed by atoms with Crippen LogP contribution in [0.5, 0.6) is 0 Å². The molecule has 1 atom stereocenters. The molecule has 0 amide bonds. The van der Waals surface area contributed by atoms with Crippen LogP contribution in [0.1, 0.15) is 40.5 Å². The van der Waals surface area contributed by atoms with Gasteiger partial charge in [-0.25, -0.2) is 0 Å². The van der Waals surface area contributed by atoms with Crippen molar-refractivity contribution in [3.05, 3.63) is 5.89 Å². The first-order chi connectivity index (χ1) is 8.21. The Morgan fingerprint density at radius 3 is 2.22 bits per heavy atom. The van der Waals surface area contributed by atoms with Crippen LogP contribution in [0.3, 0.4) is 0 Å². The summed E-state index contributed by atoms with van der Waals surface area (Å²) in [4.78, 5) is 2.21. The summed E-state index contributed by atoms with van der Waals surface area (Å²) in [5.41, 5.74) is -0.105. The van der Waals surface area contributed by atoms with Gasteiger partial charge in [-0.1, -0.05) is 39.7 Å². The Bertz CT molecular complexity index is 357. The zero-order chi connectivity index (χ0) is 13.9. The van der Waals surface area contributed by atoms with E-state index in [4.69, 9.17) is 4.42 Å². The van der Waals surface area contributed by atoms with Crippen LogP contribution < -0.4 is 5.32 Å². The van der Waals surface area contributed by atoms with E-state index in [0.717, 1.165) is 6.54 Å². The summed E-state index contributed by atoms with van der Waals surface area (Å²) >= 11 is 0. The number of hydrogen-bond donors (Lipinski definition) is 1. The Morgan fingerprint density at radius 1 is 1.22 bits per heavy atom. The van der Waals surface area contributed by atoms with Crippen LogP contribution in [-0.4, -0.2) is 41.8 Å². The van der Waals surface area contributed by atoms with Gasteiger partial charge >= 0.3 is 6.01 Å². The first kappa shape index (κ1) is 15.0. The second kappa shape index (κ2) is 5.69. The minimum Gasteiger partial charge on any atom is -0.408 e. The third-order valence-corrected chi connectivity index (χ3v) is 2.96. The van der Waals surface area contributed by atoms with Crippen LogP contribution in [0.4, 0.5) is 6.01 Å². The monoisotopic (exact) mass is 254 g/mol. The molecule has 1 unspecified atom stereocenters. The van der Waals surface area contributed by atoms with Gasteiger partial charge in [0.05, 0.1) is 0 Å². The fourth-order valence-electron chi connectivity index (χ4n) is 1.80. The standard InChI is InChI=1S/C13H26N4O/c1-9(2)10(17(6)7)8-14-12-16-15-11(18-12)13(3,4)5/h9-10H,8H2,1-7H3,(H,14,16). The summed E-state index contributed by atoms with van der Waals surface area (Å²) in [6, 6.07) is 0.947. The zero-order valence-electron chi connectivity index (χ0n) is 12.6. The lowest BCUT2D eigenvalue weighted by molar-refractivity contribution is 0.242. The predicted molar refractivity (Wildman–Crippen MR) is 73.8 cm³/mol.